The fourth-order valence-electron chi connectivity index (χ4n) is 5.51. The van der Waals surface area contributed by atoms with Crippen LogP contribution >= 0.6 is 22.9 Å². The van der Waals surface area contributed by atoms with Gasteiger partial charge in [-0.1, -0.05) is 103 Å². The minimum atomic E-state index is -1.11. The smallest absolute Gasteiger partial charge is 0.243 e. The van der Waals surface area contributed by atoms with E-state index in [0.717, 1.165) is 32.3 Å². The van der Waals surface area contributed by atoms with E-state index < -0.39 is 47.8 Å². The molecule has 0 radical (unpaired) electrons. The fourth-order valence-corrected chi connectivity index (χ4v) is 6.39. The molecular weight excluding hydrogens is 658 g/mol. The highest BCUT2D eigenvalue weighted by Gasteiger charge is 2.31. The van der Waals surface area contributed by atoms with E-state index in [0.29, 0.717) is 5.02 Å². The van der Waals surface area contributed by atoms with Gasteiger partial charge in [0.25, 0.3) is 0 Å². The molecule has 49 heavy (non-hydrogen) atoms. The normalized spacial score (nSPS) is 13.5. The molecule has 0 saturated heterocycles. The summed E-state index contributed by atoms with van der Waals surface area (Å²) in [4.78, 5) is 54.6. The molecule has 0 aliphatic carbocycles. The standard InChI is InChI=1S/C38H38ClN5O4S/c39-29-16-13-25(14-17-29)21-33(43-36(46)31(40)20-24-7-2-1-3-8-24)38(48)44-34(22-26-12-15-27-9-4-5-10-28(27)19-26)37(47)42-32(35(41)45)23-30-11-6-18-49-30/h1-19,31-34H,20-23,40H2,(H2,41,45)(H,42,47)(H,43,46)(H,44,48). The van der Waals surface area contributed by atoms with E-state index in [4.69, 9.17) is 23.1 Å². The van der Waals surface area contributed by atoms with Gasteiger partial charge in [0.1, 0.15) is 18.1 Å². The van der Waals surface area contributed by atoms with Gasteiger partial charge in [-0.25, -0.2) is 0 Å². The Bertz CT molecular complexity index is 1890. The third kappa shape index (κ3) is 10.2. The molecule has 4 unspecified atom stereocenters. The van der Waals surface area contributed by atoms with E-state index in [9.17, 15) is 19.2 Å². The number of carbonyl (C=O) groups is 4. The summed E-state index contributed by atoms with van der Waals surface area (Å²) < 4.78 is 0. The number of benzene rings is 4. The van der Waals surface area contributed by atoms with Crippen LogP contribution in [0.1, 0.15) is 21.6 Å². The van der Waals surface area contributed by atoms with Gasteiger partial charge in [-0.15, -0.1) is 11.3 Å². The largest absolute Gasteiger partial charge is 0.368 e. The average molecular weight is 696 g/mol. The maximum absolute atomic E-state index is 14.1. The molecule has 5 rings (SSSR count). The second-order valence-electron chi connectivity index (χ2n) is 11.9. The summed E-state index contributed by atoms with van der Waals surface area (Å²) in [6.45, 7) is 0. The molecule has 11 heteroatoms. The fraction of sp³-hybridized carbons (Fsp3) is 0.211. The zero-order valence-corrected chi connectivity index (χ0v) is 28.3. The van der Waals surface area contributed by atoms with Crippen molar-refractivity contribution in [1.82, 2.24) is 16.0 Å². The van der Waals surface area contributed by atoms with E-state index in [-0.39, 0.29) is 25.7 Å². The Morgan fingerprint density at radius 3 is 1.82 bits per heavy atom. The lowest BCUT2D eigenvalue weighted by molar-refractivity contribution is -0.133. The van der Waals surface area contributed by atoms with Gasteiger partial charge >= 0.3 is 0 Å². The molecule has 5 aromatic rings. The second-order valence-corrected chi connectivity index (χ2v) is 13.4. The number of halogens is 1. The van der Waals surface area contributed by atoms with E-state index in [2.05, 4.69) is 16.0 Å². The maximum atomic E-state index is 14.1. The van der Waals surface area contributed by atoms with Crippen molar-refractivity contribution >= 4 is 57.3 Å². The Labute approximate surface area is 294 Å². The molecule has 9 nitrogen and oxygen atoms in total. The number of hydrogen-bond acceptors (Lipinski definition) is 6. The molecule has 7 N–H and O–H groups in total. The highest BCUT2D eigenvalue weighted by molar-refractivity contribution is 7.09. The lowest BCUT2D eigenvalue weighted by Crippen LogP contribution is -2.58. The molecule has 0 spiro atoms. The van der Waals surface area contributed by atoms with Gasteiger partial charge in [0.05, 0.1) is 6.04 Å². The number of amides is 4. The van der Waals surface area contributed by atoms with Gasteiger partial charge in [0.2, 0.25) is 23.6 Å². The number of hydrogen-bond donors (Lipinski definition) is 5. The molecule has 1 heterocycles. The van der Waals surface area contributed by atoms with E-state index in [1.165, 1.54) is 11.3 Å². The van der Waals surface area contributed by atoms with Crippen LogP contribution in [0.15, 0.2) is 115 Å². The van der Waals surface area contributed by atoms with Gasteiger partial charge in [-0.05, 0) is 57.5 Å². The number of primary amides is 1. The van der Waals surface area contributed by atoms with Gasteiger partial charge in [-0.2, -0.15) is 0 Å². The Kier molecular flexibility index (Phi) is 12.2. The van der Waals surface area contributed by atoms with Crippen molar-refractivity contribution in [2.24, 2.45) is 11.5 Å². The van der Waals surface area contributed by atoms with Crippen LogP contribution in [0.25, 0.3) is 10.8 Å². The predicted molar refractivity (Wildman–Crippen MR) is 194 cm³/mol. The number of thiophene rings is 1. The molecule has 0 fully saturated rings. The Balaban J connectivity index is 1.39. The van der Waals surface area contributed by atoms with Gasteiger partial charge in [0, 0.05) is 29.2 Å². The highest BCUT2D eigenvalue weighted by atomic mass is 35.5. The average Bonchev–Trinajstić information content (AvgIpc) is 3.62. The van der Waals surface area contributed by atoms with Crippen molar-refractivity contribution in [3.8, 4) is 0 Å². The summed E-state index contributed by atoms with van der Waals surface area (Å²) in [5.41, 5.74) is 14.4. The van der Waals surface area contributed by atoms with Crippen molar-refractivity contribution in [3.05, 3.63) is 141 Å². The SMILES string of the molecule is NC(=O)C(Cc1cccs1)NC(=O)C(Cc1ccc2ccccc2c1)NC(=O)C(Cc1ccc(Cl)cc1)NC(=O)C(N)Cc1ccccc1. The summed E-state index contributed by atoms with van der Waals surface area (Å²) in [7, 11) is 0. The van der Waals surface area contributed by atoms with Crippen LogP contribution in [0.3, 0.4) is 0 Å². The van der Waals surface area contributed by atoms with Crippen LogP contribution in [0.5, 0.6) is 0 Å². The van der Waals surface area contributed by atoms with E-state index >= 15 is 0 Å². The van der Waals surface area contributed by atoms with Crippen LogP contribution in [-0.2, 0) is 44.9 Å². The molecule has 0 aliphatic heterocycles. The number of nitrogens with one attached hydrogen (secondary N) is 3. The van der Waals surface area contributed by atoms with Crippen LogP contribution in [0.4, 0.5) is 0 Å². The summed E-state index contributed by atoms with van der Waals surface area (Å²) in [5, 5.41) is 12.8. The number of nitrogens with two attached hydrogens (primary N) is 2. The van der Waals surface area contributed by atoms with Gasteiger partial charge < -0.3 is 27.4 Å². The van der Waals surface area contributed by atoms with Crippen LogP contribution < -0.4 is 27.4 Å². The first-order chi connectivity index (χ1) is 23.6. The number of rotatable bonds is 15. The summed E-state index contributed by atoms with van der Waals surface area (Å²) in [6.07, 6.45) is 0.707. The second kappa shape index (κ2) is 16.9. The van der Waals surface area contributed by atoms with Crippen molar-refractivity contribution in [1.29, 1.82) is 0 Å². The minimum absolute atomic E-state index is 0.111. The summed E-state index contributed by atoms with van der Waals surface area (Å²) in [6, 6.07) is 29.5. The Morgan fingerprint density at radius 1 is 0.592 bits per heavy atom. The molecule has 0 bridgehead atoms. The topological polar surface area (TPSA) is 156 Å². The van der Waals surface area contributed by atoms with Crippen LogP contribution in [0.2, 0.25) is 5.02 Å². The first-order valence-electron chi connectivity index (χ1n) is 15.9. The summed E-state index contributed by atoms with van der Waals surface area (Å²) >= 11 is 7.54. The van der Waals surface area contributed by atoms with E-state index in [1.54, 1.807) is 24.3 Å². The van der Waals surface area contributed by atoms with E-state index in [1.807, 2.05) is 90.3 Å². The highest BCUT2D eigenvalue weighted by Crippen LogP contribution is 2.18. The minimum Gasteiger partial charge on any atom is -0.368 e. The molecule has 4 aromatic carbocycles. The summed E-state index contributed by atoms with van der Waals surface area (Å²) in [5.74, 6) is -2.39. The maximum Gasteiger partial charge on any atom is 0.243 e. The molecule has 1 aromatic heterocycles. The lowest BCUT2D eigenvalue weighted by Gasteiger charge is -2.26. The Hall–Kier alpha value is -5.03. The molecule has 0 aliphatic rings. The Morgan fingerprint density at radius 2 is 1.16 bits per heavy atom. The molecule has 4 amide bonds. The third-order valence-corrected chi connectivity index (χ3v) is 9.30. The molecule has 252 valence electrons. The number of fused-ring (bicyclic) bond motifs is 1. The van der Waals surface area contributed by atoms with Crippen LogP contribution in [-0.4, -0.2) is 47.8 Å². The van der Waals surface area contributed by atoms with Gasteiger partial charge in [-0.3, -0.25) is 19.2 Å². The zero-order chi connectivity index (χ0) is 34.8. The first-order valence-corrected chi connectivity index (χ1v) is 17.1. The molecular formula is C38H38ClN5O4S. The van der Waals surface area contributed by atoms with Gasteiger partial charge in [0.15, 0.2) is 0 Å². The lowest BCUT2D eigenvalue weighted by atomic mass is 9.99. The van der Waals surface area contributed by atoms with Crippen molar-refractivity contribution in [3.63, 3.8) is 0 Å². The first kappa shape index (κ1) is 35.3. The number of carbonyl (C=O) groups excluding carboxylic acids is 4. The predicted octanol–water partition coefficient (Wildman–Crippen LogP) is 4.09. The third-order valence-electron chi connectivity index (χ3n) is 8.15. The molecule has 0 saturated carbocycles. The van der Waals surface area contributed by atoms with Crippen molar-refractivity contribution in [2.75, 3.05) is 0 Å². The zero-order valence-electron chi connectivity index (χ0n) is 26.7. The molecule has 4 atom stereocenters. The van der Waals surface area contributed by atoms with Crippen LogP contribution in [0, 0.1) is 0 Å². The monoisotopic (exact) mass is 695 g/mol. The van der Waals surface area contributed by atoms with Crippen molar-refractivity contribution < 1.29 is 19.2 Å². The van der Waals surface area contributed by atoms with Crippen molar-refractivity contribution in [2.45, 2.75) is 49.9 Å². The quantitative estimate of drug-likeness (QED) is 0.112.